The average Bonchev–Trinajstić information content (AvgIpc) is 2.92. The molecule has 1 aliphatic carbocycles. The van der Waals surface area contributed by atoms with Crippen LogP contribution in [0.25, 0.3) is 11.3 Å². The van der Waals surface area contributed by atoms with Crippen LogP contribution in [0.2, 0.25) is 5.02 Å². The lowest BCUT2D eigenvalue weighted by Gasteiger charge is -2.12. The number of halogens is 1. The van der Waals surface area contributed by atoms with Crippen LogP contribution in [0.1, 0.15) is 46.1 Å². The molecule has 0 atom stereocenters. The fraction of sp³-hybridized carbons (Fsp3) is 0.304. The molecule has 1 aliphatic rings. The van der Waals surface area contributed by atoms with E-state index in [9.17, 15) is 4.79 Å². The zero-order chi connectivity index (χ0) is 19.7. The van der Waals surface area contributed by atoms with E-state index in [0.29, 0.717) is 23.9 Å². The SMILES string of the molecule is CCOC(=O)c1nn(Cc2ccc(C)cc2)c2c1CCCc1ccc(Cl)cc1-2. The van der Waals surface area contributed by atoms with E-state index in [2.05, 4.69) is 37.3 Å². The molecule has 0 amide bonds. The highest BCUT2D eigenvalue weighted by Gasteiger charge is 2.28. The summed E-state index contributed by atoms with van der Waals surface area (Å²) in [7, 11) is 0. The van der Waals surface area contributed by atoms with Crippen molar-refractivity contribution in [3.8, 4) is 11.3 Å². The zero-order valence-electron chi connectivity index (χ0n) is 16.2. The van der Waals surface area contributed by atoms with Crippen LogP contribution >= 0.6 is 11.6 Å². The highest BCUT2D eigenvalue weighted by molar-refractivity contribution is 6.30. The van der Waals surface area contributed by atoms with Crippen molar-refractivity contribution in [1.82, 2.24) is 9.78 Å². The van der Waals surface area contributed by atoms with Gasteiger partial charge in [0, 0.05) is 16.1 Å². The molecular weight excluding hydrogens is 372 g/mol. The molecule has 4 rings (SSSR count). The number of carbonyl (C=O) groups excluding carboxylic acids is 1. The summed E-state index contributed by atoms with van der Waals surface area (Å²) in [5, 5.41) is 5.38. The molecule has 4 nitrogen and oxygen atoms in total. The minimum absolute atomic E-state index is 0.334. The van der Waals surface area contributed by atoms with Crippen molar-refractivity contribution in [3.05, 3.63) is 75.4 Å². The van der Waals surface area contributed by atoms with Gasteiger partial charge in [-0.25, -0.2) is 4.79 Å². The van der Waals surface area contributed by atoms with Crippen molar-refractivity contribution in [1.29, 1.82) is 0 Å². The zero-order valence-corrected chi connectivity index (χ0v) is 16.9. The lowest BCUT2D eigenvalue weighted by Crippen LogP contribution is -2.09. The van der Waals surface area contributed by atoms with Crippen LogP contribution in [0, 0.1) is 6.92 Å². The third-order valence-electron chi connectivity index (χ3n) is 5.17. The molecule has 0 saturated carbocycles. The number of aromatic nitrogens is 2. The number of esters is 1. The van der Waals surface area contributed by atoms with Gasteiger partial charge in [-0.05, 0) is 56.4 Å². The van der Waals surface area contributed by atoms with Gasteiger partial charge in [0.25, 0.3) is 0 Å². The lowest BCUT2D eigenvalue weighted by molar-refractivity contribution is 0.0517. The lowest BCUT2D eigenvalue weighted by atomic mass is 10.0. The summed E-state index contributed by atoms with van der Waals surface area (Å²) in [5.74, 6) is -0.355. The largest absolute Gasteiger partial charge is 0.461 e. The third-order valence-corrected chi connectivity index (χ3v) is 5.41. The monoisotopic (exact) mass is 394 g/mol. The standard InChI is InChI=1S/C23H23ClN2O2/c1-3-28-23(27)21-19-6-4-5-17-11-12-18(24)13-20(17)22(19)26(25-21)14-16-9-7-15(2)8-10-16/h7-13H,3-6,14H2,1-2H3. The van der Waals surface area contributed by atoms with Gasteiger partial charge < -0.3 is 4.74 Å². The molecular formula is C23H23ClN2O2. The van der Waals surface area contributed by atoms with E-state index in [0.717, 1.165) is 41.6 Å². The Hall–Kier alpha value is -2.59. The first-order valence-corrected chi connectivity index (χ1v) is 10.1. The fourth-order valence-corrected chi connectivity index (χ4v) is 4.00. The molecule has 3 aromatic rings. The number of benzene rings is 2. The number of nitrogens with zero attached hydrogens (tertiary/aromatic N) is 2. The van der Waals surface area contributed by atoms with Crippen molar-refractivity contribution in [2.24, 2.45) is 0 Å². The Morgan fingerprint density at radius 3 is 2.71 bits per heavy atom. The first-order chi connectivity index (χ1) is 13.6. The Morgan fingerprint density at radius 2 is 1.96 bits per heavy atom. The Balaban J connectivity index is 1.88. The predicted octanol–water partition coefficient (Wildman–Crippen LogP) is 5.23. The molecule has 0 unspecified atom stereocenters. The van der Waals surface area contributed by atoms with E-state index in [-0.39, 0.29) is 5.97 Å². The van der Waals surface area contributed by atoms with Crippen molar-refractivity contribution < 1.29 is 9.53 Å². The summed E-state index contributed by atoms with van der Waals surface area (Å²) >= 11 is 6.32. The van der Waals surface area contributed by atoms with Crippen molar-refractivity contribution in [2.75, 3.05) is 6.61 Å². The summed E-state index contributed by atoms with van der Waals surface area (Å²) in [6, 6.07) is 14.4. The van der Waals surface area contributed by atoms with Crippen molar-refractivity contribution in [2.45, 2.75) is 39.7 Å². The average molecular weight is 395 g/mol. The molecule has 5 heteroatoms. The number of fused-ring (bicyclic) bond motifs is 3. The van der Waals surface area contributed by atoms with E-state index in [1.807, 2.05) is 23.7 Å². The van der Waals surface area contributed by atoms with E-state index in [4.69, 9.17) is 21.4 Å². The van der Waals surface area contributed by atoms with Gasteiger partial charge >= 0.3 is 5.97 Å². The smallest absolute Gasteiger partial charge is 0.359 e. The third kappa shape index (κ3) is 3.57. The summed E-state index contributed by atoms with van der Waals surface area (Å²) in [6.07, 6.45) is 2.71. The Kier molecular flexibility index (Phi) is 5.23. The first-order valence-electron chi connectivity index (χ1n) is 9.68. The molecule has 0 radical (unpaired) electrons. The molecule has 28 heavy (non-hydrogen) atoms. The highest BCUT2D eigenvalue weighted by atomic mass is 35.5. The summed E-state index contributed by atoms with van der Waals surface area (Å²) in [6.45, 7) is 4.81. The second-order valence-corrected chi connectivity index (χ2v) is 7.63. The quantitative estimate of drug-likeness (QED) is 0.569. The van der Waals surface area contributed by atoms with Gasteiger partial charge in [0.1, 0.15) is 0 Å². The number of hydrogen-bond acceptors (Lipinski definition) is 3. The van der Waals surface area contributed by atoms with Gasteiger partial charge in [0.2, 0.25) is 0 Å². The van der Waals surface area contributed by atoms with Crippen LogP contribution in [0.15, 0.2) is 42.5 Å². The maximum Gasteiger partial charge on any atom is 0.359 e. The fourth-order valence-electron chi connectivity index (χ4n) is 3.82. The number of carbonyl (C=O) groups is 1. The number of rotatable bonds is 4. The molecule has 0 saturated heterocycles. The normalized spacial score (nSPS) is 12.8. The van der Waals surface area contributed by atoms with Gasteiger partial charge in [-0.2, -0.15) is 5.10 Å². The van der Waals surface area contributed by atoms with E-state index in [1.165, 1.54) is 11.1 Å². The van der Waals surface area contributed by atoms with Crippen molar-refractivity contribution in [3.63, 3.8) is 0 Å². The summed E-state index contributed by atoms with van der Waals surface area (Å²) in [5.41, 5.74) is 7.03. The van der Waals surface area contributed by atoms with Crippen LogP contribution in [-0.4, -0.2) is 22.4 Å². The number of hydrogen-bond donors (Lipinski definition) is 0. The van der Waals surface area contributed by atoms with Gasteiger partial charge in [-0.1, -0.05) is 47.5 Å². The Morgan fingerprint density at radius 1 is 1.18 bits per heavy atom. The molecule has 0 N–H and O–H groups in total. The number of ether oxygens (including phenoxy) is 1. The maximum absolute atomic E-state index is 12.6. The second-order valence-electron chi connectivity index (χ2n) is 7.19. The number of aryl methyl sites for hydroxylation is 2. The van der Waals surface area contributed by atoms with Gasteiger partial charge in [-0.3, -0.25) is 4.68 Å². The summed E-state index contributed by atoms with van der Waals surface area (Å²) < 4.78 is 7.22. The van der Waals surface area contributed by atoms with Gasteiger partial charge in [0.15, 0.2) is 5.69 Å². The highest BCUT2D eigenvalue weighted by Crippen LogP contribution is 2.36. The summed E-state index contributed by atoms with van der Waals surface area (Å²) in [4.78, 5) is 12.6. The minimum Gasteiger partial charge on any atom is -0.461 e. The molecule has 144 valence electrons. The van der Waals surface area contributed by atoms with Crippen LogP contribution in [0.5, 0.6) is 0 Å². The second kappa shape index (κ2) is 7.80. The first kappa shape index (κ1) is 18.8. The van der Waals surface area contributed by atoms with Crippen molar-refractivity contribution >= 4 is 17.6 Å². The Labute approximate surface area is 170 Å². The van der Waals surface area contributed by atoms with Crippen LogP contribution in [0.3, 0.4) is 0 Å². The van der Waals surface area contributed by atoms with E-state index >= 15 is 0 Å². The van der Waals surface area contributed by atoms with Gasteiger partial charge in [0.05, 0.1) is 18.8 Å². The molecule has 0 fully saturated rings. The maximum atomic E-state index is 12.6. The van der Waals surface area contributed by atoms with E-state index < -0.39 is 0 Å². The molecule has 0 aliphatic heterocycles. The van der Waals surface area contributed by atoms with E-state index in [1.54, 1.807) is 0 Å². The molecule has 0 spiro atoms. The van der Waals surface area contributed by atoms with Gasteiger partial charge in [-0.15, -0.1) is 0 Å². The van der Waals surface area contributed by atoms with Crippen LogP contribution in [0.4, 0.5) is 0 Å². The molecule has 0 bridgehead atoms. The topological polar surface area (TPSA) is 44.1 Å². The molecule has 1 aromatic heterocycles. The Bertz CT molecular complexity index is 1020. The minimum atomic E-state index is -0.355. The van der Waals surface area contributed by atoms with Crippen LogP contribution < -0.4 is 0 Å². The molecule has 1 heterocycles. The molecule has 2 aromatic carbocycles. The predicted molar refractivity (Wildman–Crippen MR) is 111 cm³/mol. The van der Waals surface area contributed by atoms with Crippen LogP contribution in [-0.2, 0) is 24.1 Å².